The summed E-state index contributed by atoms with van der Waals surface area (Å²) in [6.07, 6.45) is 3.82. The lowest BCUT2D eigenvalue weighted by molar-refractivity contribution is 1.02. The minimum absolute atomic E-state index is 0.816. The largest absolute Gasteiger partial charge is 0.367 e. The van der Waals surface area contributed by atoms with Crippen LogP contribution in [0, 0.1) is 13.8 Å². The number of nitrogens with one attached hydrogen (secondary N) is 1. The van der Waals surface area contributed by atoms with Crippen LogP contribution in [0.3, 0.4) is 0 Å². The van der Waals surface area contributed by atoms with Gasteiger partial charge in [-0.3, -0.25) is 0 Å². The second-order valence-electron chi connectivity index (χ2n) is 3.04. The van der Waals surface area contributed by atoms with E-state index >= 15 is 0 Å². The zero-order valence-electron chi connectivity index (χ0n) is 7.70. The molecule has 0 spiro atoms. The molecule has 2 aromatic rings. The fourth-order valence-corrected chi connectivity index (χ4v) is 1.35. The molecule has 3 heteroatoms. The zero-order chi connectivity index (χ0) is 9.26. The molecule has 0 aliphatic heterocycles. The molecule has 0 amide bonds. The van der Waals surface area contributed by atoms with Gasteiger partial charge in [0.15, 0.2) is 0 Å². The number of aromatic amines is 1. The monoisotopic (exact) mass is 173 g/mol. The lowest BCUT2D eigenvalue weighted by Gasteiger charge is -2.00. The van der Waals surface area contributed by atoms with Crippen LogP contribution in [0.2, 0.25) is 0 Å². The molecule has 0 radical (unpaired) electrons. The van der Waals surface area contributed by atoms with Crippen LogP contribution in [0.15, 0.2) is 24.5 Å². The standard InChI is InChI=1S/C10H11N3/c1-7-5-10(13-8(2)12-7)9-3-4-11-6-9/h3-6,11H,1-2H3. The van der Waals surface area contributed by atoms with Crippen LogP contribution in [-0.4, -0.2) is 15.0 Å². The molecule has 0 saturated carbocycles. The zero-order valence-corrected chi connectivity index (χ0v) is 7.70. The van der Waals surface area contributed by atoms with E-state index < -0.39 is 0 Å². The summed E-state index contributed by atoms with van der Waals surface area (Å²) in [6, 6.07) is 3.98. The van der Waals surface area contributed by atoms with Crippen molar-refractivity contribution in [3.05, 3.63) is 36.0 Å². The molecule has 0 aliphatic rings. The van der Waals surface area contributed by atoms with E-state index in [0.717, 1.165) is 22.8 Å². The highest BCUT2D eigenvalue weighted by Crippen LogP contribution is 2.16. The Balaban J connectivity index is 2.53. The fraction of sp³-hybridized carbons (Fsp3) is 0.200. The van der Waals surface area contributed by atoms with Crippen LogP contribution in [-0.2, 0) is 0 Å². The molecule has 2 rings (SSSR count). The average Bonchev–Trinajstić information content (AvgIpc) is 2.53. The molecule has 66 valence electrons. The predicted molar refractivity (Wildman–Crippen MR) is 51.3 cm³/mol. The molecule has 2 heterocycles. The van der Waals surface area contributed by atoms with Gasteiger partial charge in [0, 0.05) is 23.7 Å². The number of aryl methyl sites for hydroxylation is 2. The summed E-state index contributed by atoms with van der Waals surface area (Å²) in [5, 5.41) is 0. The summed E-state index contributed by atoms with van der Waals surface area (Å²) in [7, 11) is 0. The van der Waals surface area contributed by atoms with Crippen molar-refractivity contribution in [3.63, 3.8) is 0 Å². The topological polar surface area (TPSA) is 41.6 Å². The number of rotatable bonds is 1. The van der Waals surface area contributed by atoms with E-state index in [2.05, 4.69) is 15.0 Å². The molecule has 0 saturated heterocycles. The summed E-state index contributed by atoms with van der Waals surface area (Å²) in [4.78, 5) is 11.6. The first-order chi connectivity index (χ1) is 6.25. The highest BCUT2D eigenvalue weighted by Gasteiger charge is 2.01. The summed E-state index contributed by atoms with van der Waals surface area (Å²) in [5.41, 5.74) is 3.09. The summed E-state index contributed by atoms with van der Waals surface area (Å²) in [6.45, 7) is 3.88. The van der Waals surface area contributed by atoms with Crippen molar-refractivity contribution in [3.8, 4) is 11.3 Å². The lowest BCUT2D eigenvalue weighted by atomic mass is 10.2. The maximum absolute atomic E-state index is 4.35. The lowest BCUT2D eigenvalue weighted by Crippen LogP contribution is -1.92. The maximum Gasteiger partial charge on any atom is 0.126 e. The van der Waals surface area contributed by atoms with Crippen molar-refractivity contribution in [1.29, 1.82) is 0 Å². The van der Waals surface area contributed by atoms with Crippen molar-refractivity contribution in [2.75, 3.05) is 0 Å². The second-order valence-corrected chi connectivity index (χ2v) is 3.04. The molecular formula is C10H11N3. The third-order valence-corrected chi connectivity index (χ3v) is 1.86. The van der Waals surface area contributed by atoms with E-state index in [1.165, 1.54) is 0 Å². The molecule has 3 nitrogen and oxygen atoms in total. The molecular weight excluding hydrogens is 162 g/mol. The first-order valence-electron chi connectivity index (χ1n) is 4.21. The van der Waals surface area contributed by atoms with Gasteiger partial charge in [-0.15, -0.1) is 0 Å². The molecule has 13 heavy (non-hydrogen) atoms. The Morgan fingerprint density at radius 1 is 1.23 bits per heavy atom. The van der Waals surface area contributed by atoms with Crippen LogP contribution >= 0.6 is 0 Å². The summed E-state index contributed by atoms with van der Waals surface area (Å²) >= 11 is 0. The molecule has 0 unspecified atom stereocenters. The molecule has 0 atom stereocenters. The van der Waals surface area contributed by atoms with Crippen molar-refractivity contribution in [2.45, 2.75) is 13.8 Å². The highest BCUT2D eigenvalue weighted by atomic mass is 14.9. The normalized spacial score (nSPS) is 10.3. The Kier molecular flexibility index (Phi) is 1.85. The van der Waals surface area contributed by atoms with Gasteiger partial charge in [0.05, 0.1) is 5.69 Å². The number of hydrogen-bond acceptors (Lipinski definition) is 2. The predicted octanol–water partition coefficient (Wildman–Crippen LogP) is 2.09. The molecule has 0 aromatic carbocycles. The second kappa shape index (κ2) is 3.01. The number of nitrogens with zero attached hydrogens (tertiary/aromatic N) is 2. The van der Waals surface area contributed by atoms with Gasteiger partial charge in [-0.1, -0.05) is 0 Å². The Morgan fingerprint density at radius 2 is 2.08 bits per heavy atom. The highest BCUT2D eigenvalue weighted by molar-refractivity contribution is 5.58. The van der Waals surface area contributed by atoms with Gasteiger partial charge in [0.2, 0.25) is 0 Å². The van der Waals surface area contributed by atoms with Gasteiger partial charge in [0.25, 0.3) is 0 Å². The quantitative estimate of drug-likeness (QED) is 0.717. The van der Waals surface area contributed by atoms with Gasteiger partial charge in [-0.05, 0) is 26.0 Å². The molecule has 1 N–H and O–H groups in total. The number of aromatic nitrogens is 3. The van der Waals surface area contributed by atoms with E-state index in [9.17, 15) is 0 Å². The van der Waals surface area contributed by atoms with Gasteiger partial charge < -0.3 is 4.98 Å². The van der Waals surface area contributed by atoms with Gasteiger partial charge >= 0.3 is 0 Å². The van der Waals surface area contributed by atoms with E-state index in [1.807, 2.05) is 38.4 Å². The van der Waals surface area contributed by atoms with Crippen LogP contribution in [0.1, 0.15) is 11.5 Å². The third kappa shape index (κ3) is 1.59. The van der Waals surface area contributed by atoms with Crippen LogP contribution in [0.25, 0.3) is 11.3 Å². The Bertz CT molecular complexity index is 384. The smallest absolute Gasteiger partial charge is 0.126 e. The van der Waals surface area contributed by atoms with Crippen molar-refractivity contribution in [1.82, 2.24) is 15.0 Å². The molecule has 0 aliphatic carbocycles. The molecule has 0 fully saturated rings. The van der Waals surface area contributed by atoms with Crippen molar-refractivity contribution >= 4 is 0 Å². The maximum atomic E-state index is 4.35. The minimum atomic E-state index is 0.816. The van der Waals surface area contributed by atoms with E-state index in [-0.39, 0.29) is 0 Å². The van der Waals surface area contributed by atoms with E-state index in [4.69, 9.17) is 0 Å². The summed E-state index contributed by atoms with van der Waals surface area (Å²) in [5.74, 6) is 0.816. The van der Waals surface area contributed by atoms with Crippen LogP contribution in [0.4, 0.5) is 0 Å². The Hall–Kier alpha value is -1.64. The average molecular weight is 173 g/mol. The minimum Gasteiger partial charge on any atom is -0.367 e. The molecule has 2 aromatic heterocycles. The van der Waals surface area contributed by atoms with Gasteiger partial charge in [0.1, 0.15) is 5.82 Å². The SMILES string of the molecule is Cc1cc(-c2cc[nH]c2)nc(C)n1. The Morgan fingerprint density at radius 3 is 2.69 bits per heavy atom. The third-order valence-electron chi connectivity index (χ3n) is 1.86. The van der Waals surface area contributed by atoms with Crippen LogP contribution in [0.5, 0.6) is 0 Å². The van der Waals surface area contributed by atoms with Crippen molar-refractivity contribution < 1.29 is 0 Å². The first-order valence-corrected chi connectivity index (χ1v) is 4.21. The van der Waals surface area contributed by atoms with Crippen LogP contribution < -0.4 is 0 Å². The fourth-order valence-electron chi connectivity index (χ4n) is 1.35. The van der Waals surface area contributed by atoms with E-state index in [0.29, 0.717) is 0 Å². The van der Waals surface area contributed by atoms with Gasteiger partial charge in [-0.2, -0.15) is 0 Å². The van der Waals surface area contributed by atoms with Crippen molar-refractivity contribution in [2.24, 2.45) is 0 Å². The number of H-pyrrole nitrogens is 1. The number of hydrogen-bond donors (Lipinski definition) is 1. The Labute approximate surface area is 76.9 Å². The molecule has 0 bridgehead atoms. The first kappa shape index (κ1) is 7.98. The van der Waals surface area contributed by atoms with E-state index in [1.54, 1.807) is 0 Å². The van der Waals surface area contributed by atoms with Gasteiger partial charge in [-0.25, -0.2) is 9.97 Å². The summed E-state index contributed by atoms with van der Waals surface area (Å²) < 4.78 is 0.